The van der Waals surface area contributed by atoms with Crippen LogP contribution in [0.3, 0.4) is 0 Å². The normalized spacial score (nSPS) is 10.7. The van der Waals surface area contributed by atoms with Gasteiger partial charge < -0.3 is 14.1 Å². The quantitative estimate of drug-likeness (QED) is 0.704. The molecule has 1 aromatic heterocycles. The molecule has 0 N–H and O–H groups in total. The monoisotopic (exact) mass is 357 g/mol. The van der Waals surface area contributed by atoms with Crippen LogP contribution in [0.4, 0.5) is 5.69 Å². The van der Waals surface area contributed by atoms with Crippen molar-refractivity contribution in [1.82, 2.24) is 0 Å². The van der Waals surface area contributed by atoms with Crippen molar-refractivity contribution in [3.8, 4) is 5.75 Å². The third-order valence-corrected chi connectivity index (χ3v) is 4.18. The maximum Gasteiger partial charge on any atom is 0.343 e. The fourth-order valence-electron chi connectivity index (χ4n) is 2.74. The molecule has 0 bridgehead atoms. The summed E-state index contributed by atoms with van der Waals surface area (Å²) in [4.78, 5) is 26.6. The van der Waals surface area contributed by atoms with Gasteiger partial charge in [0.2, 0.25) is 0 Å². The predicted molar refractivity (Wildman–Crippen MR) is 97.8 cm³/mol. The van der Waals surface area contributed by atoms with Crippen LogP contribution in [0.25, 0.3) is 10.8 Å². The molecule has 2 aromatic carbocycles. The van der Waals surface area contributed by atoms with E-state index >= 15 is 0 Å². The lowest BCUT2D eigenvalue weighted by molar-refractivity contribution is 0.0987. The first-order valence-corrected chi connectivity index (χ1v) is 8.10. The highest BCUT2D eigenvalue weighted by molar-refractivity contribution is 6.31. The second-order valence-corrected chi connectivity index (χ2v) is 5.78. The lowest BCUT2D eigenvalue weighted by Crippen LogP contribution is -2.31. The van der Waals surface area contributed by atoms with Gasteiger partial charge in [-0.1, -0.05) is 29.8 Å². The highest BCUT2D eigenvalue weighted by atomic mass is 35.5. The molecule has 3 rings (SSSR count). The van der Waals surface area contributed by atoms with E-state index in [0.717, 1.165) is 0 Å². The molecule has 0 spiro atoms. The minimum atomic E-state index is -0.476. The maximum atomic E-state index is 13.1. The molecule has 25 heavy (non-hydrogen) atoms. The van der Waals surface area contributed by atoms with Crippen LogP contribution in [0.15, 0.2) is 57.9 Å². The van der Waals surface area contributed by atoms with Gasteiger partial charge in [0.15, 0.2) is 0 Å². The molecule has 1 amide bonds. The molecule has 0 saturated heterocycles. The van der Waals surface area contributed by atoms with Crippen LogP contribution in [-0.4, -0.2) is 19.6 Å². The Morgan fingerprint density at radius 3 is 2.60 bits per heavy atom. The van der Waals surface area contributed by atoms with Crippen molar-refractivity contribution in [3.05, 3.63) is 69.7 Å². The van der Waals surface area contributed by atoms with E-state index in [0.29, 0.717) is 39.3 Å². The van der Waals surface area contributed by atoms with Crippen LogP contribution >= 0.6 is 11.6 Å². The van der Waals surface area contributed by atoms with Crippen molar-refractivity contribution < 1.29 is 13.9 Å². The van der Waals surface area contributed by atoms with E-state index in [-0.39, 0.29) is 5.91 Å². The molecule has 1 heterocycles. The number of ether oxygens (including phenoxy) is 1. The average molecular weight is 358 g/mol. The molecular formula is C19H16ClNO4. The summed E-state index contributed by atoms with van der Waals surface area (Å²) >= 11 is 6.09. The van der Waals surface area contributed by atoms with Crippen molar-refractivity contribution in [1.29, 1.82) is 0 Å². The van der Waals surface area contributed by atoms with Gasteiger partial charge in [0.1, 0.15) is 12.0 Å². The van der Waals surface area contributed by atoms with Gasteiger partial charge in [0.25, 0.3) is 5.91 Å². The molecule has 0 radical (unpaired) electrons. The second kappa shape index (κ2) is 6.99. The van der Waals surface area contributed by atoms with Gasteiger partial charge in [-0.3, -0.25) is 4.79 Å². The van der Waals surface area contributed by atoms with Gasteiger partial charge in [-0.2, -0.15) is 0 Å². The summed E-state index contributed by atoms with van der Waals surface area (Å²) in [6.07, 6.45) is 1.20. The fourth-order valence-corrected chi connectivity index (χ4v) is 2.91. The van der Waals surface area contributed by atoms with Crippen LogP contribution in [-0.2, 0) is 0 Å². The highest BCUT2D eigenvalue weighted by Gasteiger charge is 2.23. The molecule has 0 aliphatic carbocycles. The number of hydrogen-bond acceptors (Lipinski definition) is 4. The molecule has 0 unspecified atom stereocenters. The summed E-state index contributed by atoms with van der Waals surface area (Å²) in [5, 5.41) is 1.40. The first-order chi connectivity index (χ1) is 12.1. The van der Waals surface area contributed by atoms with Crippen LogP contribution in [0, 0.1) is 0 Å². The lowest BCUT2D eigenvalue weighted by Gasteiger charge is -2.23. The Hall–Kier alpha value is -2.79. The summed E-state index contributed by atoms with van der Waals surface area (Å²) in [5.74, 6) is 0.226. The summed E-state index contributed by atoms with van der Waals surface area (Å²) in [7, 11) is 1.53. The molecular weight excluding hydrogens is 342 g/mol. The largest absolute Gasteiger partial charge is 0.495 e. The van der Waals surface area contributed by atoms with E-state index in [1.165, 1.54) is 18.3 Å². The molecule has 0 aliphatic heterocycles. The van der Waals surface area contributed by atoms with E-state index in [4.69, 9.17) is 20.8 Å². The smallest absolute Gasteiger partial charge is 0.343 e. The zero-order valence-corrected chi connectivity index (χ0v) is 14.5. The van der Waals surface area contributed by atoms with Gasteiger partial charge in [0, 0.05) is 17.0 Å². The predicted octanol–water partition coefficient (Wildman–Crippen LogP) is 4.12. The molecule has 6 heteroatoms. The van der Waals surface area contributed by atoms with Crippen LogP contribution < -0.4 is 15.3 Å². The van der Waals surface area contributed by atoms with Crippen molar-refractivity contribution in [2.45, 2.75) is 6.92 Å². The second-order valence-electron chi connectivity index (χ2n) is 5.35. The van der Waals surface area contributed by atoms with E-state index in [2.05, 4.69) is 0 Å². The molecule has 3 aromatic rings. The third-order valence-electron chi connectivity index (χ3n) is 3.94. The van der Waals surface area contributed by atoms with Crippen LogP contribution in [0.5, 0.6) is 5.75 Å². The van der Waals surface area contributed by atoms with E-state index < -0.39 is 5.63 Å². The van der Waals surface area contributed by atoms with E-state index in [9.17, 15) is 9.59 Å². The standard InChI is InChI=1S/C19H16ClNO4/c1-3-21(16-10-12(20)8-9-17(16)24-2)18(22)15-11-25-19(23)14-7-5-4-6-13(14)15/h4-11H,3H2,1-2H3. The number of methoxy groups -OCH3 is 1. The molecule has 128 valence electrons. The Bertz CT molecular complexity index is 996. The first-order valence-electron chi connectivity index (χ1n) is 7.72. The summed E-state index contributed by atoms with van der Waals surface area (Å²) in [6.45, 7) is 2.24. The number of hydrogen-bond donors (Lipinski definition) is 0. The first kappa shape index (κ1) is 17.0. The number of fused-ring (bicyclic) bond motifs is 1. The maximum absolute atomic E-state index is 13.1. The lowest BCUT2D eigenvalue weighted by atomic mass is 10.1. The Balaban J connectivity index is 2.16. The van der Waals surface area contributed by atoms with Crippen molar-refractivity contribution >= 4 is 34.0 Å². The minimum Gasteiger partial charge on any atom is -0.495 e. The van der Waals surface area contributed by atoms with Gasteiger partial charge in [-0.15, -0.1) is 0 Å². The molecule has 0 fully saturated rings. The minimum absolute atomic E-state index is 0.303. The van der Waals surface area contributed by atoms with E-state index in [1.807, 2.05) is 6.92 Å². The molecule has 5 nitrogen and oxygen atoms in total. The summed E-state index contributed by atoms with van der Waals surface area (Å²) < 4.78 is 10.4. The van der Waals surface area contributed by atoms with E-state index in [1.54, 1.807) is 42.5 Å². The number of rotatable bonds is 4. The van der Waals surface area contributed by atoms with Crippen molar-refractivity contribution in [3.63, 3.8) is 0 Å². The molecule has 0 saturated carbocycles. The zero-order valence-electron chi connectivity index (χ0n) is 13.8. The number of carbonyl (C=O) groups excluding carboxylic acids is 1. The number of carbonyl (C=O) groups is 1. The SMILES string of the molecule is CCN(C(=O)c1coc(=O)c2ccccc12)c1cc(Cl)ccc1OC. The number of anilines is 1. The Labute approximate surface area is 149 Å². The Kier molecular flexibility index (Phi) is 4.76. The fraction of sp³-hybridized carbons (Fsp3) is 0.158. The number of halogens is 1. The van der Waals surface area contributed by atoms with Crippen LogP contribution in [0.1, 0.15) is 17.3 Å². The average Bonchev–Trinajstić information content (AvgIpc) is 2.63. The van der Waals surface area contributed by atoms with Gasteiger partial charge in [0.05, 0.1) is 23.7 Å². The van der Waals surface area contributed by atoms with Gasteiger partial charge in [-0.25, -0.2) is 4.79 Å². The Morgan fingerprint density at radius 2 is 1.92 bits per heavy atom. The topological polar surface area (TPSA) is 59.8 Å². The van der Waals surface area contributed by atoms with Gasteiger partial charge in [-0.05, 0) is 31.2 Å². The molecule has 0 aliphatic rings. The third kappa shape index (κ3) is 3.10. The summed E-state index contributed by atoms with van der Waals surface area (Å²) in [6, 6.07) is 11.9. The van der Waals surface area contributed by atoms with Gasteiger partial charge >= 0.3 is 5.63 Å². The number of amides is 1. The highest BCUT2D eigenvalue weighted by Crippen LogP contribution is 2.32. The number of benzene rings is 2. The molecule has 0 atom stereocenters. The number of nitrogens with zero attached hydrogens (tertiary/aromatic N) is 1. The van der Waals surface area contributed by atoms with Crippen molar-refractivity contribution in [2.75, 3.05) is 18.6 Å². The summed E-state index contributed by atoms with van der Waals surface area (Å²) in [5.41, 5.74) is 0.382. The van der Waals surface area contributed by atoms with Crippen molar-refractivity contribution in [2.24, 2.45) is 0 Å². The Morgan fingerprint density at radius 1 is 1.20 bits per heavy atom. The zero-order chi connectivity index (χ0) is 18.0. The van der Waals surface area contributed by atoms with Crippen LogP contribution in [0.2, 0.25) is 5.02 Å².